The van der Waals surface area contributed by atoms with Crippen LogP contribution in [0.4, 0.5) is 17.6 Å². The SMILES string of the molecule is CCOC(=O)[C@H]1S[C@@]2(C(F)(F)C(F)F)C[C@@]1(O)c1c(c(OC)c3occc3c1OC)O2. The Kier molecular flexibility index (Phi) is 5.00. The van der Waals surface area contributed by atoms with Crippen LogP contribution in [0.2, 0.25) is 0 Å². The highest BCUT2D eigenvalue weighted by Gasteiger charge is 2.76. The number of esters is 1. The van der Waals surface area contributed by atoms with Gasteiger partial charge < -0.3 is 28.5 Å². The lowest BCUT2D eigenvalue weighted by Crippen LogP contribution is -2.56. The normalized spacial score (nSPS) is 27.2. The summed E-state index contributed by atoms with van der Waals surface area (Å²) in [5.41, 5.74) is -2.52. The third kappa shape index (κ3) is 2.73. The fourth-order valence-electron chi connectivity index (χ4n) is 4.12. The van der Waals surface area contributed by atoms with Gasteiger partial charge in [0.2, 0.25) is 10.7 Å². The molecule has 2 bridgehead atoms. The molecule has 0 saturated carbocycles. The van der Waals surface area contributed by atoms with Gasteiger partial charge in [0, 0.05) is 6.42 Å². The van der Waals surface area contributed by atoms with Crippen molar-refractivity contribution in [3.8, 4) is 17.2 Å². The van der Waals surface area contributed by atoms with Gasteiger partial charge in [0.05, 0.1) is 38.0 Å². The molecule has 3 heterocycles. The van der Waals surface area contributed by atoms with E-state index in [4.69, 9.17) is 23.4 Å². The molecule has 0 unspecified atom stereocenters. The van der Waals surface area contributed by atoms with Crippen LogP contribution >= 0.6 is 11.8 Å². The molecule has 1 aromatic heterocycles. The first-order valence-electron chi connectivity index (χ1n) is 9.15. The Balaban J connectivity index is 2.07. The maximum atomic E-state index is 14.8. The van der Waals surface area contributed by atoms with Crippen molar-refractivity contribution in [1.82, 2.24) is 0 Å². The second-order valence-electron chi connectivity index (χ2n) is 7.06. The summed E-state index contributed by atoms with van der Waals surface area (Å²) in [5.74, 6) is -6.47. The molecular formula is C19H18F4O7S. The van der Waals surface area contributed by atoms with Gasteiger partial charge in [-0.25, -0.2) is 8.78 Å². The molecule has 3 atom stereocenters. The van der Waals surface area contributed by atoms with E-state index in [0.717, 1.165) is 0 Å². The predicted octanol–water partition coefficient (Wildman–Crippen LogP) is 3.70. The van der Waals surface area contributed by atoms with Gasteiger partial charge in [-0.3, -0.25) is 4.79 Å². The van der Waals surface area contributed by atoms with Gasteiger partial charge >= 0.3 is 18.3 Å². The highest BCUT2D eigenvalue weighted by Crippen LogP contribution is 2.69. The Hall–Kier alpha value is -2.34. The summed E-state index contributed by atoms with van der Waals surface area (Å²) < 4.78 is 83.0. The molecule has 2 aliphatic rings. The number of rotatable bonds is 6. The van der Waals surface area contributed by atoms with Crippen LogP contribution in [0.25, 0.3) is 11.0 Å². The molecule has 0 aliphatic carbocycles. The smallest absolute Gasteiger partial charge is 0.355 e. The number of alkyl halides is 4. The van der Waals surface area contributed by atoms with Crippen molar-refractivity contribution < 1.29 is 50.8 Å². The van der Waals surface area contributed by atoms with E-state index in [-0.39, 0.29) is 41.0 Å². The zero-order chi connectivity index (χ0) is 22.8. The number of furan rings is 1. The third-order valence-electron chi connectivity index (χ3n) is 5.41. The molecule has 4 rings (SSSR count). The summed E-state index contributed by atoms with van der Waals surface area (Å²) in [6.45, 7) is 1.37. The van der Waals surface area contributed by atoms with Gasteiger partial charge in [-0.15, -0.1) is 0 Å². The Morgan fingerprint density at radius 2 is 2.03 bits per heavy atom. The van der Waals surface area contributed by atoms with Crippen LogP contribution in [0.15, 0.2) is 16.7 Å². The quantitative estimate of drug-likeness (QED) is 0.510. The lowest BCUT2D eigenvalue weighted by molar-refractivity contribution is -0.213. The van der Waals surface area contributed by atoms with E-state index in [2.05, 4.69) is 0 Å². The summed E-state index contributed by atoms with van der Waals surface area (Å²) in [7, 11) is 2.46. The minimum Gasteiger partial charge on any atom is -0.495 e. The number of carbonyl (C=O) groups is 1. The fraction of sp³-hybridized carbons (Fsp3) is 0.526. The molecule has 0 spiro atoms. The number of hydrogen-bond donors (Lipinski definition) is 1. The zero-order valence-electron chi connectivity index (χ0n) is 16.5. The number of hydrogen-bond acceptors (Lipinski definition) is 8. The van der Waals surface area contributed by atoms with E-state index in [1.807, 2.05) is 0 Å². The number of carbonyl (C=O) groups excluding carboxylic acids is 1. The maximum absolute atomic E-state index is 14.8. The number of aliphatic hydroxyl groups is 1. The van der Waals surface area contributed by atoms with E-state index in [1.54, 1.807) is 0 Å². The van der Waals surface area contributed by atoms with E-state index < -0.39 is 46.3 Å². The first-order chi connectivity index (χ1) is 14.6. The van der Waals surface area contributed by atoms with E-state index in [0.29, 0.717) is 5.39 Å². The molecule has 1 fully saturated rings. The molecule has 2 aliphatic heterocycles. The van der Waals surface area contributed by atoms with Crippen LogP contribution in [-0.2, 0) is 15.1 Å². The third-order valence-corrected chi connectivity index (χ3v) is 7.11. The van der Waals surface area contributed by atoms with Crippen molar-refractivity contribution >= 4 is 28.7 Å². The van der Waals surface area contributed by atoms with Gasteiger partial charge in [0.1, 0.15) is 16.6 Å². The number of halogens is 4. The summed E-state index contributed by atoms with van der Waals surface area (Å²) >= 11 is 0.0965. The number of fused-ring (bicyclic) bond motifs is 5. The van der Waals surface area contributed by atoms with Crippen LogP contribution in [0.1, 0.15) is 18.9 Å². The van der Waals surface area contributed by atoms with Crippen molar-refractivity contribution in [3.63, 3.8) is 0 Å². The van der Waals surface area contributed by atoms with Gasteiger partial charge in [-0.05, 0) is 13.0 Å². The fourth-order valence-corrected chi connectivity index (χ4v) is 5.74. The van der Waals surface area contributed by atoms with Crippen molar-refractivity contribution in [2.24, 2.45) is 0 Å². The van der Waals surface area contributed by atoms with Gasteiger partial charge in [0.25, 0.3) is 0 Å². The zero-order valence-corrected chi connectivity index (χ0v) is 17.4. The second-order valence-corrected chi connectivity index (χ2v) is 8.43. The highest BCUT2D eigenvalue weighted by molar-refractivity contribution is 8.02. The van der Waals surface area contributed by atoms with Gasteiger partial charge in [-0.2, -0.15) is 8.78 Å². The van der Waals surface area contributed by atoms with Crippen LogP contribution in [0.5, 0.6) is 17.2 Å². The summed E-state index contributed by atoms with van der Waals surface area (Å²) in [4.78, 5) is 9.65. The number of benzene rings is 1. The lowest BCUT2D eigenvalue weighted by Gasteiger charge is -2.42. The maximum Gasteiger partial charge on any atom is 0.355 e. The standard InChI is InChI=1S/C19H18F4O7S/c1-4-28-15(24)14-17(25)7-18(31-14,19(22,23)16(20)21)30-12-9(17)10(26-2)8-5-6-29-11(8)13(12)27-3/h5-6,14,16,25H,4,7H2,1-3H3/t14-,17-,18-/m1/s1. The molecule has 7 nitrogen and oxygen atoms in total. The Morgan fingerprint density at radius 1 is 1.35 bits per heavy atom. The van der Waals surface area contributed by atoms with Crippen molar-refractivity contribution in [3.05, 3.63) is 17.9 Å². The molecule has 2 aromatic rings. The summed E-state index contributed by atoms with van der Waals surface area (Å²) in [6.07, 6.45) is -3.88. The Bertz CT molecular complexity index is 1040. The average Bonchev–Trinajstić information content (AvgIpc) is 3.28. The first kappa shape index (κ1) is 21.9. The monoisotopic (exact) mass is 466 g/mol. The molecule has 170 valence electrons. The van der Waals surface area contributed by atoms with Crippen LogP contribution in [0.3, 0.4) is 0 Å². The average molecular weight is 466 g/mol. The van der Waals surface area contributed by atoms with Crippen LogP contribution in [0, 0.1) is 0 Å². The summed E-state index contributed by atoms with van der Waals surface area (Å²) in [5, 5.41) is 10.2. The van der Waals surface area contributed by atoms with E-state index in [9.17, 15) is 27.5 Å². The summed E-state index contributed by atoms with van der Waals surface area (Å²) in [6, 6.07) is 1.48. The number of ether oxygens (including phenoxy) is 4. The van der Waals surface area contributed by atoms with Gasteiger partial charge in [-0.1, -0.05) is 11.8 Å². The minimum absolute atomic E-state index is 0.0205. The molecule has 12 heteroatoms. The van der Waals surface area contributed by atoms with Crippen molar-refractivity contribution in [2.75, 3.05) is 20.8 Å². The van der Waals surface area contributed by atoms with Gasteiger partial charge in [0.15, 0.2) is 11.3 Å². The topological polar surface area (TPSA) is 87.4 Å². The Labute approximate surface area is 177 Å². The molecule has 0 amide bonds. The minimum atomic E-state index is -4.74. The van der Waals surface area contributed by atoms with Crippen LogP contribution in [-0.4, -0.2) is 54.4 Å². The lowest BCUT2D eigenvalue weighted by atomic mass is 9.79. The first-order valence-corrected chi connectivity index (χ1v) is 10.0. The molecule has 1 saturated heterocycles. The molecule has 1 N–H and O–H groups in total. The van der Waals surface area contributed by atoms with Crippen LogP contribution < -0.4 is 14.2 Å². The molecule has 1 aromatic carbocycles. The molecule has 0 radical (unpaired) electrons. The molecule has 31 heavy (non-hydrogen) atoms. The van der Waals surface area contributed by atoms with E-state index in [1.165, 1.54) is 33.5 Å². The number of thioether (sulfide) groups is 1. The van der Waals surface area contributed by atoms with Crippen molar-refractivity contribution in [2.45, 2.75) is 41.5 Å². The predicted molar refractivity (Wildman–Crippen MR) is 100 cm³/mol. The van der Waals surface area contributed by atoms with Crippen molar-refractivity contribution in [1.29, 1.82) is 0 Å². The number of methoxy groups -OCH3 is 2. The molecular weight excluding hydrogens is 448 g/mol. The second kappa shape index (κ2) is 7.09. The van der Waals surface area contributed by atoms with E-state index >= 15 is 0 Å². The largest absolute Gasteiger partial charge is 0.495 e. The highest BCUT2D eigenvalue weighted by atomic mass is 32.2. The Morgan fingerprint density at radius 3 is 2.61 bits per heavy atom.